The standard InChI is InChI=1S/C13H17NO4S2/c1-3-14(8-11-5-4-6-18-11)20(16,17)13-7-10(2)12(9-15)19-13/h4-7,15H,3,8-9H2,1-2H3. The smallest absolute Gasteiger partial charge is 0.252 e. The number of hydrogen-bond acceptors (Lipinski definition) is 5. The Kier molecular flexibility index (Phi) is 4.64. The van der Waals surface area contributed by atoms with E-state index < -0.39 is 10.0 Å². The largest absolute Gasteiger partial charge is 0.468 e. The number of sulfonamides is 1. The van der Waals surface area contributed by atoms with E-state index in [0.717, 1.165) is 16.9 Å². The molecule has 2 rings (SSSR count). The topological polar surface area (TPSA) is 70.8 Å². The second-order valence-electron chi connectivity index (χ2n) is 4.34. The van der Waals surface area contributed by atoms with Crippen LogP contribution in [0.5, 0.6) is 0 Å². The van der Waals surface area contributed by atoms with Crippen LogP contribution in [0.15, 0.2) is 33.1 Å². The van der Waals surface area contributed by atoms with Crippen LogP contribution in [-0.4, -0.2) is 24.4 Å². The lowest BCUT2D eigenvalue weighted by atomic mass is 10.3. The molecule has 0 aromatic carbocycles. The quantitative estimate of drug-likeness (QED) is 0.888. The second kappa shape index (κ2) is 6.09. The monoisotopic (exact) mass is 315 g/mol. The van der Waals surface area contributed by atoms with Crippen LogP contribution >= 0.6 is 11.3 Å². The lowest BCUT2D eigenvalue weighted by Gasteiger charge is -2.18. The summed E-state index contributed by atoms with van der Waals surface area (Å²) in [5.74, 6) is 0.603. The van der Waals surface area contributed by atoms with Crippen LogP contribution in [0.3, 0.4) is 0 Å². The Balaban J connectivity index is 2.31. The Bertz CT molecular complexity index is 659. The van der Waals surface area contributed by atoms with Crippen LogP contribution in [0, 0.1) is 6.92 Å². The SMILES string of the molecule is CCN(Cc1ccco1)S(=O)(=O)c1cc(C)c(CO)s1. The number of hydrogen-bond donors (Lipinski definition) is 1. The van der Waals surface area contributed by atoms with Crippen molar-refractivity contribution in [2.45, 2.75) is 31.2 Å². The molecule has 0 aliphatic rings. The summed E-state index contributed by atoms with van der Waals surface area (Å²) in [6.07, 6.45) is 1.52. The van der Waals surface area contributed by atoms with Crippen molar-refractivity contribution in [1.29, 1.82) is 0 Å². The van der Waals surface area contributed by atoms with Crippen molar-refractivity contribution in [3.8, 4) is 0 Å². The average Bonchev–Trinajstić information content (AvgIpc) is 3.04. The van der Waals surface area contributed by atoms with E-state index in [1.54, 1.807) is 32.0 Å². The van der Waals surface area contributed by atoms with Crippen LogP contribution in [0.25, 0.3) is 0 Å². The summed E-state index contributed by atoms with van der Waals surface area (Å²) >= 11 is 1.11. The molecule has 5 nitrogen and oxygen atoms in total. The van der Waals surface area contributed by atoms with E-state index in [1.807, 2.05) is 0 Å². The molecule has 0 radical (unpaired) electrons. The van der Waals surface area contributed by atoms with Crippen LogP contribution < -0.4 is 0 Å². The Morgan fingerprint density at radius 3 is 2.70 bits per heavy atom. The van der Waals surface area contributed by atoms with Gasteiger partial charge in [0.15, 0.2) is 0 Å². The Morgan fingerprint density at radius 2 is 2.20 bits per heavy atom. The van der Waals surface area contributed by atoms with Gasteiger partial charge in [0.05, 0.1) is 19.4 Å². The van der Waals surface area contributed by atoms with Gasteiger partial charge < -0.3 is 9.52 Å². The minimum Gasteiger partial charge on any atom is -0.468 e. The summed E-state index contributed by atoms with van der Waals surface area (Å²) in [5, 5.41) is 9.19. The molecule has 7 heteroatoms. The van der Waals surface area contributed by atoms with E-state index >= 15 is 0 Å². The fourth-order valence-electron chi connectivity index (χ4n) is 1.84. The van der Waals surface area contributed by atoms with Gasteiger partial charge in [-0.15, -0.1) is 11.3 Å². The minimum absolute atomic E-state index is 0.143. The zero-order chi connectivity index (χ0) is 14.8. The molecule has 1 N–H and O–H groups in total. The maximum absolute atomic E-state index is 12.6. The molecule has 110 valence electrons. The molecule has 0 saturated carbocycles. The molecule has 2 aromatic rings. The fourth-order valence-corrected chi connectivity index (χ4v) is 4.86. The predicted molar refractivity (Wildman–Crippen MR) is 77.0 cm³/mol. The van der Waals surface area contributed by atoms with Crippen molar-refractivity contribution < 1.29 is 17.9 Å². The molecule has 0 aliphatic heterocycles. The van der Waals surface area contributed by atoms with Crippen molar-refractivity contribution in [3.05, 3.63) is 40.7 Å². The normalized spacial score (nSPS) is 12.2. The maximum atomic E-state index is 12.6. The third kappa shape index (κ3) is 2.95. The average molecular weight is 315 g/mol. The molecule has 0 unspecified atom stereocenters. The molecule has 0 atom stereocenters. The number of aliphatic hydroxyl groups is 1. The van der Waals surface area contributed by atoms with Crippen LogP contribution in [0.2, 0.25) is 0 Å². The Labute approximate surface area is 122 Å². The van der Waals surface area contributed by atoms with E-state index in [9.17, 15) is 13.5 Å². The van der Waals surface area contributed by atoms with Crippen LogP contribution in [-0.2, 0) is 23.2 Å². The highest BCUT2D eigenvalue weighted by Gasteiger charge is 2.26. The molecular weight excluding hydrogens is 298 g/mol. The molecule has 2 heterocycles. The molecule has 0 bridgehead atoms. The van der Waals surface area contributed by atoms with Crippen LogP contribution in [0.1, 0.15) is 23.1 Å². The van der Waals surface area contributed by atoms with Crippen molar-refractivity contribution in [3.63, 3.8) is 0 Å². The summed E-state index contributed by atoms with van der Waals surface area (Å²) in [4.78, 5) is 0.678. The van der Waals surface area contributed by atoms with E-state index in [2.05, 4.69) is 0 Å². The Hall–Kier alpha value is -1.15. The number of furan rings is 1. The lowest BCUT2D eigenvalue weighted by Crippen LogP contribution is -2.29. The van der Waals surface area contributed by atoms with E-state index in [4.69, 9.17) is 4.42 Å². The van der Waals surface area contributed by atoms with Crippen molar-refractivity contribution in [1.82, 2.24) is 4.31 Å². The second-order valence-corrected chi connectivity index (χ2v) is 7.64. The summed E-state index contributed by atoms with van der Waals surface area (Å²) in [5.41, 5.74) is 0.796. The van der Waals surface area contributed by atoms with Gasteiger partial charge in [0.1, 0.15) is 9.97 Å². The highest BCUT2D eigenvalue weighted by molar-refractivity contribution is 7.91. The molecule has 0 amide bonds. The lowest BCUT2D eigenvalue weighted by molar-refractivity contribution is 0.285. The summed E-state index contributed by atoms with van der Waals surface area (Å²) in [6, 6.07) is 5.09. The van der Waals surface area contributed by atoms with E-state index in [1.165, 1.54) is 10.6 Å². The molecule has 0 aliphatic carbocycles. The number of thiophene rings is 1. The molecule has 0 saturated heterocycles. The van der Waals surface area contributed by atoms with Gasteiger partial charge in [-0.05, 0) is 30.7 Å². The van der Waals surface area contributed by atoms with Gasteiger partial charge in [-0.1, -0.05) is 6.92 Å². The molecule has 0 fully saturated rings. The number of aryl methyl sites for hydroxylation is 1. The van der Waals surface area contributed by atoms with Crippen molar-refractivity contribution in [2.75, 3.05) is 6.54 Å². The van der Waals surface area contributed by atoms with Gasteiger partial charge in [0.25, 0.3) is 10.0 Å². The van der Waals surface area contributed by atoms with Gasteiger partial charge in [0, 0.05) is 11.4 Å². The van der Waals surface area contributed by atoms with Gasteiger partial charge in [0.2, 0.25) is 0 Å². The summed E-state index contributed by atoms with van der Waals surface area (Å²) in [7, 11) is -3.56. The fraction of sp³-hybridized carbons (Fsp3) is 0.385. The maximum Gasteiger partial charge on any atom is 0.252 e. The summed E-state index contributed by atoms with van der Waals surface area (Å²) < 4.78 is 32.0. The molecule has 0 spiro atoms. The molecular formula is C13H17NO4S2. The highest BCUT2D eigenvalue weighted by atomic mass is 32.2. The Morgan fingerprint density at radius 1 is 1.45 bits per heavy atom. The van der Waals surface area contributed by atoms with Gasteiger partial charge in [-0.2, -0.15) is 4.31 Å². The summed E-state index contributed by atoms with van der Waals surface area (Å²) in [6.45, 7) is 4.00. The zero-order valence-corrected chi connectivity index (χ0v) is 13.0. The third-order valence-corrected chi connectivity index (χ3v) is 6.59. The number of nitrogens with zero attached hydrogens (tertiary/aromatic N) is 1. The van der Waals surface area contributed by atoms with Crippen molar-refractivity contribution in [2.24, 2.45) is 0 Å². The van der Waals surface area contributed by atoms with Gasteiger partial charge in [-0.25, -0.2) is 8.42 Å². The first-order valence-corrected chi connectivity index (χ1v) is 8.47. The van der Waals surface area contributed by atoms with Crippen LogP contribution in [0.4, 0.5) is 0 Å². The number of rotatable bonds is 6. The van der Waals surface area contributed by atoms with Crippen molar-refractivity contribution >= 4 is 21.4 Å². The predicted octanol–water partition coefficient (Wildman–Crippen LogP) is 2.35. The number of aliphatic hydroxyl groups excluding tert-OH is 1. The minimum atomic E-state index is -3.56. The first kappa shape index (κ1) is 15.2. The van der Waals surface area contributed by atoms with E-state index in [-0.39, 0.29) is 17.4 Å². The molecule has 20 heavy (non-hydrogen) atoms. The zero-order valence-electron chi connectivity index (χ0n) is 11.4. The van der Waals surface area contributed by atoms with E-state index in [0.29, 0.717) is 17.2 Å². The highest BCUT2D eigenvalue weighted by Crippen LogP contribution is 2.29. The molecule has 2 aromatic heterocycles. The van der Waals surface area contributed by atoms with Gasteiger partial charge in [-0.3, -0.25) is 0 Å². The first-order chi connectivity index (χ1) is 9.48. The third-order valence-electron chi connectivity index (χ3n) is 3.00. The first-order valence-electron chi connectivity index (χ1n) is 6.21. The van der Waals surface area contributed by atoms with Gasteiger partial charge >= 0.3 is 0 Å².